The lowest BCUT2D eigenvalue weighted by Gasteiger charge is -2.22. The van der Waals surface area contributed by atoms with E-state index in [1.807, 2.05) is 24.3 Å². The maximum Gasteiger partial charge on any atom is 0.308 e. The van der Waals surface area contributed by atoms with Crippen LogP contribution < -0.4 is 4.74 Å². The van der Waals surface area contributed by atoms with Crippen LogP contribution in [0, 0.1) is 0 Å². The molecule has 17 heavy (non-hydrogen) atoms. The summed E-state index contributed by atoms with van der Waals surface area (Å²) in [7, 11) is 0. The smallest absolute Gasteiger partial charge is 0.308 e. The fourth-order valence-electron chi connectivity index (χ4n) is 1.92. The quantitative estimate of drug-likeness (QED) is 0.454. The molecule has 0 bridgehead atoms. The molecule has 0 spiro atoms. The van der Waals surface area contributed by atoms with Crippen molar-refractivity contribution in [1.82, 2.24) is 4.90 Å². The molecule has 0 saturated carbocycles. The molecule has 0 aromatic heterocycles. The Balaban J connectivity index is 1.93. The van der Waals surface area contributed by atoms with Crippen LogP contribution >= 0.6 is 0 Å². The van der Waals surface area contributed by atoms with Crippen molar-refractivity contribution in [3.63, 3.8) is 0 Å². The Morgan fingerprint density at radius 2 is 2.06 bits per heavy atom. The van der Waals surface area contributed by atoms with Crippen LogP contribution in [-0.4, -0.2) is 24.0 Å². The van der Waals surface area contributed by atoms with E-state index in [4.69, 9.17) is 4.74 Å². The highest BCUT2D eigenvalue weighted by Crippen LogP contribution is 2.14. The Bertz CT molecular complexity index is 409. The molecule has 0 amide bonds. The van der Waals surface area contributed by atoms with Gasteiger partial charge in [-0.3, -0.25) is 9.69 Å². The molecule has 3 heteroatoms. The van der Waals surface area contributed by atoms with Crippen LogP contribution in [0.15, 0.2) is 36.4 Å². The van der Waals surface area contributed by atoms with Crippen LogP contribution in [0.5, 0.6) is 5.75 Å². The zero-order valence-electron chi connectivity index (χ0n) is 10.1. The molecule has 90 valence electrons. The van der Waals surface area contributed by atoms with E-state index in [2.05, 4.69) is 17.1 Å². The molecule has 1 aromatic rings. The highest BCUT2D eigenvalue weighted by atomic mass is 16.5. The van der Waals surface area contributed by atoms with Crippen LogP contribution in [0.1, 0.15) is 18.9 Å². The number of nitrogens with zero attached hydrogens (tertiary/aromatic N) is 1. The normalized spacial score (nSPS) is 15.8. The Hall–Kier alpha value is -1.61. The minimum absolute atomic E-state index is 0.279. The summed E-state index contributed by atoms with van der Waals surface area (Å²) < 4.78 is 5.00. The van der Waals surface area contributed by atoms with Crippen LogP contribution in [-0.2, 0) is 11.3 Å². The average molecular weight is 231 g/mol. The number of carbonyl (C=O) groups is 1. The molecule has 0 radical (unpaired) electrons. The molecule has 0 N–H and O–H groups in total. The SMILES string of the molecule is CC(=O)Oc1ccc(CN2CC=CCC2)cc1. The first-order valence-electron chi connectivity index (χ1n) is 5.89. The minimum atomic E-state index is -0.279. The summed E-state index contributed by atoms with van der Waals surface area (Å²) in [5, 5.41) is 0. The summed E-state index contributed by atoms with van der Waals surface area (Å²) in [4.78, 5) is 13.2. The molecule has 0 fully saturated rings. The second-order valence-corrected chi connectivity index (χ2v) is 4.23. The summed E-state index contributed by atoms with van der Waals surface area (Å²) >= 11 is 0. The lowest BCUT2D eigenvalue weighted by atomic mass is 10.1. The number of rotatable bonds is 3. The number of ether oxygens (including phenoxy) is 1. The van der Waals surface area contributed by atoms with Gasteiger partial charge in [0.25, 0.3) is 0 Å². The summed E-state index contributed by atoms with van der Waals surface area (Å²) in [5.74, 6) is 0.332. The first-order valence-corrected chi connectivity index (χ1v) is 5.89. The molecule has 1 aliphatic heterocycles. The van der Waals surface area contributed by atoms with Gasteiger partial charge in [-0.1, -0.05) is 24.3 Å². The van der Waals surface area contributed by atoms with Gasteiger partial charge in [0, 0.05) is 26.6 Å². The average Bonchev–Trinajstić information content (AvgIpc) is 2.32. The van der Waals surface area contributed by atoms with Gasteiger partial charge in [0.1, 0.15) is 5.75 Å². The van der Waals surface area contributed by atoms with Crippen molar-refractivity contribution in [3.05, 3.63) is 42.0 Å². The molecule has 1 heterocycles. The predicted molar refractivity (Wildman–Crippen MR) is 66.8 cm³/mol. The molecule has 0 aliphatic carbocycles. The van der Waals surface area contributed by atoms with E-state index in [0.717, 1.165) is 26.1 Å². The van der Waals surface area contributed by atoms with Gasteiger partial charge >= 0.3 is 5.97 Å². The number of hydrogen-bond acceptors (Lipinski definition) is 3. The third-order valence-corrected chi connectivity index (χ3v) is 2.73. The first-order chi connectivity index (χ1) is 8.24. The van der Waals surface area contributed by atoms with Gasteiger partial charge in [-0.05, 0) is 24.1 Å². The molecular formula is C14H17NO2. The Morgan fingerprint density at radius 3 is 2.65 bits per heavy atom. The van der Waals surface area contributed by atoms with E-state index in [-0.39, 0.29) is 5.97 Å². The second-order valence-electron chi connectivity index (χ2n) is 4.23. The summed E-state index contributed by atoms with van der Waals surface area (Å²) in [6, 6.07) is 7.71. The fourth-order valence-corrected chi connectivity index (χ4v) is 1.92. The summed E-state index contributed by atoms with van der Waals surface area (Å²) in [5.41, 5.74) is 1.25. The van der Waals surface area contributed by atoms with E-state index < -0.39 is 0 Å². The topological polar surface area (TPSA) is 29.5 Å². The number of esters is 1. The highest BCUT2D eigenvalue weighted by molar-refractivity contribution is 5.69. The largest absolute Gasteiger partial charge is 0.427 e. The molecule has 2 rings (SSSR count). The van der Waals surface area contributed by atoms with Crippen molar-refractivity contribution in [2.75, 3.05) is 13.1 Å². The lowest BCUT2D eigenvalue weighted by molar-refractivity contribution is -0.131. The Labute approximate surface area is 102 Å². The monoisotopic (exact) mass is 231 g/mol. The standard InChI is InChI=1S/C14H17NO2/c1-12(16)17-14-7-5-13(6-8-14)11-15-9-3-2-4-10-15/h2-3,5-8H,4,9-11H2,1H3. The second kappa shape index (κ2) is 5.64. The number of hydrogen-bond donors (Lipinski definition) is 0. The van der Waals surface area contributed by atoms with Gasteiger partial charge in [-0.15, -0.1) is 0 Å². The van der Waals surface area contributed by atoms with Crippen molar-refractivity contribution < 1.29 is 9.53 Å². The number of carbonyl (C=O) groups excluding carboxylic acids is 1. The minimum Gasteiger partial charge on any atom is -0.427 e. The molecular weight excluding hydrogens is 214 g/mol. The van der Waals surface area contributed by atoms with Gasteiger partial charge in [0.05, 0.1) is 0 Å². The predicted octanol–water partition coefficient (Wildman–Crippen LogP) is 2.37. The third kappa shape index (κ3) is 3.71. The molecule has 0 atom stereocenters. The van der Waals surface area contributed by atoms with Gasteiger partial charge in [0.2, 0.25) is 0 Å². The van der Waals surface area contributed by atoms with E-state index >= 15 is 0 Å². The Morgan fingerprint density at radius 1 is 1.29 bits per heavy atom. The van der Waals surface area contributed by atoms with Crippen molar-refractivity contribution in [2.24, 2.45) is 0 Å². The number of benzene rings is 1. The maximum atomic E-state index is 10.8. The van der Waals surface area contributed by atoms with Gasteiger partial charge in [0.15, 0.2) is 0 Å². The van der Waals surface area contributed by atoms with E-state index in [1.165, 1.54) is 12.5 Å². The Kier molecular flexibility index (Phi) is 3.94. The molecule has 0 unspecified atom stereocenters. The van der Waals surface area contributed by atoms with Gasteiger partial charge in [-0.25, -0.2) is 0 Å². The fraction of sp³-hybridized carbons (Fsp3) is 0.357. The van der Waals surface area contributed by atoms with E-state index in [9.17, 15) is 4.79 Å². The molecule has 1 aliphatic rings. The maximum absolute atomic E-state index is 10.8. The van der Waals surface area contributed by atoms with Crippen molar-refractivity contribution in [3.8, 4) is 5.75 Å². The van der Waals surface area contributed by atoms with Crippen LogP contribution in [0.3, 0.4) is 0 Å². The molecule has 3 nitrogen and oxygen atoms in total. The zero-order chi connectivity index (χ0) is 12.1. The van der Waals surface area contributed by atoms with Gasteiger partial charge in [-0.2, -0.15) is 0 Å². The molecule has 1 aromatic carbocycles. The van der Waals surface area contributed by atoms with E-state index in [1.54, 1.807) is 0 Å². The van der Waals surface area contributed by atoms with Crippen molar-refractivity contribution >= 4 is 5.97 Å². The lowest BCUT2D eigenvalue weighted by Crippen LogP contribution is -2.26. The summed E-state index contributed by atoms with van der Waals surface area (Å²) in [6.07, 6.45) is 5.56. The van der Waals surface area contributed by atoms with E-state index in [0.29, 0.717) is 5.75 Å². The van der Waals surface area contributed by atoms with Crippen LogP contribution in [0.25, 0.3) is 0 Å². The molecule has 0 saturated heterocycles. The van der Waals surface area contributed by atoms with Crippen LogP contribution in [0.2, 0.25) is 0 Å². The van der Waals surface area contributed by atoms with Crippen molar-refractivity contribution in [2.45, 2.75) is 19.9 Å². The summed E-state index contributed by atoms with van der Waals surface area (Å²) in [6.45, 7) is 4.49. The highest BCUT2D eigenvalue weighted by Gasteiger charge is 2.06. The van der Waals surface area contributed by atoms with Crippen molar-refractivity contribution in [1.29, 1.82) is 0 Å². The van der Waals surface area contributed by atoms with Gasteiger partial charge < -0.3 is 4.74 Å². The first kappa shape index (κ1) is 11.9. The van der Waals surface area contributed by atoms with Crippen LogP contribution in [0.4, 0.5) is 0 Å². The zero-order valence-corrected chi connectivity index (χ0v) is 10.1. The third-order valence-electron chi connectivity index (χ3n) is 2.73.